The van der Waals surface area contributed by atoms with E-state index in [2.05, 4.69) is 6.92 Å². The third-order valence-corrected chi connectivity index (χ3v) is 7.00. The Balaban J connectivity index is 1.84. The number of hydrogen-bond donors (Lipinski definition) is 1. The zero-order valence-corrected chi connectivity index (χ0v) is 22.9. The minimum Gasteiger partial charge on any atom is -0.478 e. The number of esters is 1. The van der Waals surface area contributed by atoms with Crippen LogP contribution in [0.1, 0.15) is 58.7 Å². The SMILES string of the molecule is CCCCc1nc2cc(C)c(C)c(C(=O)OC)c2c(=O)n1-c1ccc(OC(C(=O)O)c2ccccc2Cl)cc1. The smallest absolute Gasteiger partial charge is 0.349 e. The van der Waals surface area contributed by atoms with Crippen molar-refractivity contribution >= 4 is 34.4 Å². The average Bonchev–Trinajstić information content (AvgIpc) is 2.92. The van der Waals surface area contributed by atoms with E-state index in [-0.39, 0.29) is 27.3 Å². The summed E-state index contributed by atoms with van der Waals surface area (Å²) in [5.74, 6) is -0.952. The number of unbranched alkanes of at least 4 members (excludes halogenated alkanes) is 1. The number of aromatic nitrogens is 2. The summed E-state index contributed by atoms with van der Waals surface area (Å²) in [6.45, 7) is 5.70. The highest BCUT2D eigenvalue weighted by Crippen LogP contribution is 2.29. The number of methoxy groups -OCH3 is 1. The molecule has 4 aromatic rings. The molecule has 0 saturated carbocycles. The van der Waals surface area contributed by atoms with E-state index in [1.54, 1.807) is 55.5 Å². The average molecular weight is 549 g/mol. The van der Waals surface area contributed by atoms with Gasteiger partial charge in [-0.2, -0.15) is 0 Å². The molecule has 4 rings (SSSR count). The first-order valence-corrected chi connectivity index (χ1v) is 12.9. The lowest BCUT2D eigenvalue weighted by atomic mass is 9.98. The highest BCUT2D eigenvalue weighted by atomic mass is 35.5. The van der Waals surface area contributed by atoms with Gasteiger partial charge in [0.25, 0.3) is 5.56 Å². The summed E-state index contributed by atoms with van der Waals surface area (Å²) in [6.07, 6.45) is 0.947. The molecule has 9 heteroatoms. The summed E-state index contributed by atoms with van der Waals surface area (Å²) < 4.78 is 12.3. The number of ether oxygens (including phenoxy) is 2. The number of rotatable bonds is 9. The summed E-state index contributed by atoms with van der Waals surface area (Å²) in [4.78, 5) is 43.5. The molecule has 0 aliphatic rings. The molecule has 0 amide bonds. The number of carboxylic acid groups (broad SMARTS) is 1. The number of carboxylic acids is 1. The molecule has 0 fully saturated rings. The maximum Gasteiger partial charge on any atom is 0.349 e. The molecule has 0 spiro atoms. The molecule has 8 nitrogen and oxygen atoms in total. The second kappa shape index (κ2) is 11.7. The third-order valence-electron chi connectivity index (χ3n) is 6.65. The number of hydrogen-bond acceptors (Lipinski definition) is 6. The lowest BCUT2D eigenvalue weighted by molar-refractivity contribution is -0.145. The van der Waals surface area contributed by atoms with Crippen molar-refractivity contribution in [3.8, 4) is 11.4 Å². The fourth-order valence-corrected chi connectivity index (χ4v) is 4.73. The van der Waals surface area contributed by atoms with Crippen LogP contribution >= 0.6 is 11.6 Å². The van der Waals surface area contributed by atoms with Crippen molar-refractivity contribution in [3.05, 3.63) is 98.1 Å². The monoisotopic (exact) mass is 548 g/mol. The first kappa shape index (κ1) is 27.9. The van der Waals surface area contributed by atoms with Crippen LogP contribution in [0.15, 0.2) is 59.4 Å². The van der Waals surface area contributed by atoms with Crippen molar-refractivity contribution in [1.29, 1.82) is 0 Å². The third kappa shape index (κ3) is 5.52. The van der Waals surface area contributed by atoms with Gasteiger partial charge in [-0.1, -0.05) is 43.1 Å². The van der Waals surface area contributed by atoms with Crippen LogP contribution in [-0.4, -0.2) is 33.7 Å². The van der Waals surface area contributed by atoms with Crippen LogP contribution in [0.5, 0.6) is 5.75 Å². The molecule has 202 valence electrons. The van der Waals surface area contributed by atoms with Gasteiger partial charge in [-0.15, -0.1) is 0 Å². The number of nitrogens with zero attached hydrogens (tertiary/aromatic N) is 2. The predicted octanol–water partition coefficient (Wildman–Crippen LogP) is 5.99. The maximum atomic E-state index is 14.0. The van der Waals surface area contributed by atoms with Crippen molar-refractivity contribution in [2.75, 3.05) is 7.11 Å². The molecular weight excluding hydrogens is 520 g/mol. The van der Waals surface area contributed by atoms with E-state index < -0.39 is 18.0 Å². The Kier molecular flexibility index (Phi) is 8.35. The second-order valence-electron chi connectivity index (χ2n) is 9.20. The Morgan fingerprint density at radius 1 is 1.10 bits per heavy atom. The van der Waals surface area contributed by atoms with Crippen LogP contribution in [0, 0.1) is 13.8 Å². The van der Waals surface area contributed by atoms with Gasteiger partial charge in [-0.3, -0.25) is 9.36 Å². The summed E-state index contributed by atoms with van der Waals surface area (Å²) >= 11 is 6.20. The molecule has 0 bridgehead atoms. The molecule has 0 saturated heterocycles. The summed E-state index contributed by atoms with van der Waals surface area (Å²) in [6, 6.07) is 14.9. The van der Waals surface area contributed by atoms with Crippen LogP contribution in [-0.2, 0) is 16.0 Å². The van der Waals surface area contributed by atoms with E-state index in [1.807, 2.05) is 13.0 Å². The highest BCUT2D eigenvalue weighted by Gasteiger charge is 2.25. The highest BCUT2D eigenvalue weighted by molar-refractivity contribution is 6.31. The number of aryl methyl sites for hydroxylation is 2. The van der Waals surface area contributed by atoms with E-state index in [9.17, 15) is 19.5 Å². The van der Waals surface area contributed by atoms with Gasteiger partial charge in [0.1, 0.15) is 11.6 Å². The number of aliphatic carboxylic acids is 1. The lowest BCUT2D eigenvalue weighted by Crippen LogP contribution is -2.26. The lowest BCUT2D eigenvalue weighted by Gasteiger charge is -2.18. The molecule has 0 aliphatic carbocycles. The normalized spacial score (nSPS) is 11.8. The topological polar surface area (TPSA) is 108 Å². The zero-order valence-electron chi connectivity index (χ0n) is 22.2. The second-order valence-corrected chi connectivity index (χ2v) is 9.61. The quantitative estimate of drug-likeness (QED) is 0.256. The minimum atomic E-state index is -1.32. The van der Waals surface area contributed by atoms with Gasteiger partial charge in [-0.25, -0.2) is 14.6 Å². The number of fused-ring (bicyclic) bond motifs is 1. The van der Waals surface area contributed by atoms with Crippen LogP contribution in [0.25, 0.3) is 16.6 Å². The summed E-state index contributed by atoms with van der Waals surface area (Å²) in [5.41, 5.74) is 2.58. The van der Waals surface area contributed by atoms with E-state index in [4.69, 9.17) is 26.1 Å². The van der Waals surface area contributed by atoms with Crippen molar-refractivity contribution < 1.29 is 24.2 Å². The summed E-state index contributed by atoms with van der Waals surface area (Å²) in [7, 11) is 1.28. The molecule has 0 radical (unpaired) electrons. The molecular formula is C30H29ClN2O6. The first-order valence-electron chi connectivity index (χ1n) is 12.6. The fraction of sp³-hybridized carbons (Fsp3) is 0.267. The fourth-order valence-electron chi connectivity index (χ4n) is 4.49. The molecule has 3 aromatic carbocycles. The number of halogens is 1. The van der Waals surface area contributed by atoms with Crippen molar-refractivity contribution in [3.63, 3.8) is 0 Å². The molecule has 1 atom stereocenters. The Labute approximate surface area is 230 Å². The van der Waals surface area contributed by atoms with Gasteiger partial charge in [0.2, 0.25) is 6.10 Å². The minimum absolute atomic E-state index is 0.190. The Morgan fingerprint density at radius 3 is 2.41 bits per heavy atom. The van der Waals surface area contributed by atoms with Gasteiger partial charge >= 0.3 is 11.9 Å². The van der Waals surface area contributed by atoms with E-state index in [1.165, 1.54) is 11.7 Å². The van der Waals surface area contributed by atoms with Crippen LogP contribution in [0.3, 0.4) is 0 Å². The van der Waals surface area contributed by atoms with Crippen LogP contribution in [0.2, 0.25) is 5.02 Å². The van der Waals surface area contributed by atoms with E-state index in [0.29, 0.717) is 34.6 Å². The van der Waals surface area contributed by atoms with E-state index in [0.717, 1.165) is 18.4 Å². The van der Waals surface area contributed by atoms with Gasteiger partial charge in [-0.05, 0) is 67.8 Å². The standard InChI is InChI=1S/C30H29ClN2O6/c1-5-6-11-24-32-23-16-17(2)18(3)25(30(37)38-4)26(23)28(34)33(24)19-12-14-20(15-13-19)39-27(29(35)36)21-9-7-8-10-22(21)31/h7-10,12-16,27H,5-6,11H2,1-4H3,(H,35,36). The first-order chi connectivity index (χ1) is 18.7. The Bertz CT molecular complexity index is 1610. The maximum absolute atomic E-state index is 14.0. The molecule has 1 heterocycles. The zero-order chi connectivity index (χ0) is 28.3. The largest absolute Gasteiger partial charge is 0.478 e. The van der Waals surface area contributed by atoms with Crippen LogP contribution in [0.4, 0.5) is 0 Å². The van der Waals surface area contributed by atoms with Crippen LogP contribution < -0.4 is 10.3 Å². The van der Waals surface area contributed by atoms with Gasteiger partial charge < -0.3 is 14.6 Å². The predicted molar refractivity (Wildman–Crippen MR) is 149 cm³/mol. The van der Waals surface area contributed by atoms with E-state index >= 15 is 0 Å². The molecule has 1 N–H and O–H groups in total. The summed E-state index contributed by atoms with van der Waals surface area (Å²) in [5, 5.41) is 10.2. The Hall–Kier alpha value is -4.17. The molecule has 39 heavy (non-hydrogen) atoms. The number of benzene rings is 3. The van der Waals surface area contributed by atoms with Gasteiger partial charge in [0.05, 0.1) is 29.3 Å². The number of carbonyl (C=O) groups excluding carboxylic acids is 1. The van der Waals surface area contributed by atoms with Crippen molar-refractivity contribution in [2.45, 2.75) is 46.1 Å². The van der Waals surface area contributed by atoms with Crippen molar-refractivity contribution in [1.82, 2.24) is 9.55 Å². The van der Waals surface area contributed by atoms with Crippen molar-refractivity contribution in [2.24, 2.45) is 0 Å². The number of carbonyl (C=O) groups is 2. The van der Waals surface area contributed by atoms with Gasteiger partial charge in [0.15, 0.2) is 0 Å². The molecule has 0 aliphatic heterocycles. The molecule has 1 unspecified atom stereocenters. The molecule has 1 aromatic heterocycles. The Morgan fingerprint density at radius 2 is 1.79 bits per heavy atom. The van der Waals surface area contributed by atoms with Gasteiger partial charge in [0, 0.05) is 17.0 Å².